The monoisotopic (exact) mass is 407 g/mol. The lowest BCUT2D eigenvalue weighted by Crippen LogP contribution is -2.45. The molecule has 7 nitrogen and oxygen atoms in total. The van der Waals surface area contributed by atoms with Crippen LogP contribution in [0.1, 0.15) is 65.7 Å². The molecular formula is C20H26ClN3O4. The fourth-order valence-electron chi connectivity index (χ4n) is 2.75. The standard InChI is InChI=1S/C20H26ClN3O4/c1-19(2,3)24-16(26)13-7-6-12(10-14(13)17(24)27)15(25)22-8-9-23-18(28)20(4,5)11-21/h6-7,10H,8-9,11H2,1-5H3,(H,22,25)(H,23,28). The molecule has 1 heterocycles. The summed E-state index contributed by atoms with van der Waals surface area (Å²) >= 11 is 5.75. The first-order valence-electron chi connectivity index (χ1n) is 9.05. The number of amides is 4. The molecule has 28 heavy (non-hydrogen) atoms. The Labute approximate surface area is 169 Å². The van der Waals surface area contributed by atoms with Crippen LogP contribution in [0.15, 0.2) is 18.2 Å². The molecule has 2 N–H and O–H groups in total. The molecule has 0 atom stereocenters. The van der Waals surface area contributed by atoms with Crippen molar-refractivity contribution in [3.63, 3.8) is 0 Å². The van der Waals surface area contributed by atoms with E-state index in [-0.39, 0.29) is 47.8 Å². The highest BCUT2D eigenvalue weighted by Crippen LogP contribution is 2.29. The molecule has 0 spiro atoms. The Morgan fingerprint density at radius 1 is 0.964 bits per heavy atom. The Balaban J connectivity index is 2.01. The normalized spacial score (nSPS) is 14.1. The lowest BCUT2D eigenvalue weighted by Gasteiger charge is -2.29. The summed E-state index contributed by atoms with van der Waals surface area (Å²) < 4.78 is 0. The molecule has 0 unspecified atom stereocenters. The number of halogens is 1. The van der Waals surface area contributed by atoms with Gasteiger partial charge in [0.25, 0.3) is 17.7 Å². The first-order chi connectivity index (χ1) is 12.9. The van der Waals surface area contributed by atoms with Crippen molar-refractivity contribution in [1.29, 1.82) is 0 Å². The second-order valence-electron chi connectivity index (χ2n) is 8.41. The first-order valence-corrected chi connectivity index (χ1v) is 9.59. The number of fused-ring (bicyclic) bond motifs is 1. The van der Waals surface area contributed by atoms with Gasteiger partial charge in [0.2, 0.25) is 5.91 Å². The molecule has 1 aliphatic rings. The van der Waals surface area contributed by atoms with E-state index in [0.717, 1.165) is 0 Å². The number of hydrogen-bond donors (Lipinski definition) is 2. The molecule has 0 bridgehead atoms. The molecule has 2 rings (SSSR count). The van der Waals surface area contributed by atoms with E-state index in [1.165, 1.54) is 23.1 Å². The molecule has 0 aromatic heterocycles. The third-order valence-corrected chi connectivity index (χ3v) is 5.13. The highest BCUT2D eigenvalue weighted by molar-refractivity contribution is 6.22. The van der Waals surface area contributed by atoms with Crippen LogP contribution in [0.25, 0.3) is 0 Å². The predicted molar refractivity (Wildman–Crippen MR) is 107 cm³/mol. The van der Waals surface area contributed by atoms with Crippen molar-refractivity contribution in [3.8, 4) is 0 Å². The molecule has 0 saturated heterocycles. The van der Waals surface area contributed by atoms with E-state index in [9.17, 15) is 19.2 Å². The minimum absolute atomic E-state index is 0.193. The van der Waals surface area contributed by atoms with Gasteiger partial charge in [-0.05, 0) is 52.8 Å². The highest BCUT2D eigenvalue weighted by atomic mass is 35.5. The van der Waals surface area contributed by atoms with Crippen molar-refractivity contribution in [3.05, 3.63) is 34.9 Å². The zero-order chi connectivity index (χ0) is 21.3. The Hall–Kier alpha value is -2.41. The fourth-order valence-corrected chi connectivity index (χ4v) is 2.87. The summed E-state index contributed by atoms with van der Waals surface area (Å²) in [5.74, 6) is -1.15. The second-order valence-corrected chi connectivity index (χ2v) is 8.67. The average molecular weight is 408 g/mol. The van der Waals surface area contributed by atoms with Gasteiger partial charge in [-0.25, -0.2) is 0 Å². The van der Waals surface area contributed by atoms with Gasteiger partial charge < -0.3 is 10.6 Å². The summed E-state index contributed by atoms with van der Waals surface area (Å²) in [5.41, 5.74) is -0.526. The molecule has 0 aliphatic carbocycles. The Morgan fingerprint density at radius 3 is 2.11 bits per heavy atom. The number of carbonyl (C=O) groups excluding carboxylic acids is 4. The third-order valence-electron chi connectivity index (χ3n) is 4.46. The molecule has 8 heteroatoms. The molecule has 152 valence electrons. The van der Waals surface area contributed by atoms with Crippen molar-refractivity contribution in [2.45, 2.75) is 40.2 Å². The molecule has 4 amide bonds. The van der Waals surface area contributed by atoms with Gasteiger partial charge in [-0.2, -0.15) is 0 Å². The molecule has 0 saturated carbocycles. The van der Waals surface area contributed by atoms with Crippen molar-refractivity contribution in [2.24, 2.45) is 5.41 Å². The molecule has 1 aromatic rings. The van der Waals surface area contributed by atoms with Crippen LogP contribution in [0.2, 0.25) is 0 Å². The number of imide groups is 1. The summed E-state index contributed by atoms with van der Waals surface area (Å²) in [6.45, 7) is 9.29. The van der Waals surface area contributed by atoms with E-state index in [1.54, 1.807) is 34.6 Å². The van der Waals surface area contributed by atoms with Crippen molar-refractivity contribution < 1.29 is 19.2 Å². The van der Waals surface area contributed by atoms with Crippen LogP contribution in [0, 0.1) is 5.41 Å². The minimum Gasteiger partial charge on any atom is -0.354 e. The highest BCUT2D eigenvalue weighted by Gasteiger charge is 2.42. The number of nitrogens with one attached hydrogen (secondary N) is 2. The van der Waals surface area contributed by atoms with Crippen LogP contribution in [0.4, 0.5) is 0 Å². The number of alkyl halides is 1. The van der Waals surface area contributed by atoms with Crippen LogP contribution < -0.4 is 10.6 Å². The summed E-state index contributed by atoms with van der Waals surface area (Å²) in [6.07, 6.45) is 0. The van der Waals surface area contributed by atoms with Gasteiger partial charge in [-0.15, -0.1) is 11.6 Å². The zero-order valence-electron chi connectivity index (χ0n) is 16.8. The van der Waals surface area contributed by atoms with Gasteiger partial charge in [0.1, 0.15) is 0 Å². The molecule has 1 aliphatic heterocycles. The third kappa shape index (κ3) is 4.35. The first kappa shape index (κ1) is 21.9. The average Bonchev–Trinajstić information content (AvgIpc) is 2.88. The topological polar surface area (TPSA) is 95.6 Å². The summed E-state index contributed by atoms with van der Waals surface area (Å²) in [6, 6.07) is 4.45. The Morgan fingerprint density at radius 2 is 1.54 bits per heavy atom. The van der Waals surface area contributed by atoms with Crippen molar-refractivity contribution in [2.75, 3.05) is 19.0 Å². The van der Waals surface area contributed by atoms with E-state index in [1.807, 2.05) is 0 Å². The summed E-state index contributed by atoms with van der Waals surface area (Å²) in [5, 5.41) is 5.40. The van der Waals surface area contributed by atoms with Gasteiger partial charge in [0.15, 0.2) is 0 Å². The lowest BCUT2D eigenvalue weighted by molar-refractivity contribution is -0.128. The predicted octanol–water partition coefficient (Wildman–Crippen LogP) is 2.19. The van der Waals surface area contributed by atoms with Crippen LogP contribution in [0.3, 0.4) is 0 Å². The maximum Gasteiger partial charge on any atom is 0.262 e. The molecule has 1 aromatic carbocycles. The van der Waals surface area contributed by atoms with Crippen LogP contribution in [-0.2, 0) is 4.79 Å². The maximum absolute atomic E-state index is 12.6. The van der Waals surface area contributed by atoms with Crippen LogP contribution in [0.5, 0.6) is 0 Å². The summed E-state index contributed by atoms with van der Waals surface area (Å²) in [7, 11) is 0. The lowest BCUT2D eigenvalue weighted by atomic mass is 9.95. The number of carbonyl (C=O) groups is 4. The number of nitrogens with zero attached hydrogens (tertiary/aromatic N) is 1. The number of hydrogen-bond acceptors (Lipinski definition) is 4. The van der Waals surface area contributed by atoms with E-state index in [4.69, 9.17) is 11.6 Å². The van der Waals surface area contributed by atoms with E-state index >= 15 is 0 Å². The number of rotatable bonds is 6. The van der Waals surface area contributed by atoms with Gasteiger partial charge in [-0.3, -0.25) is 24.1 Å². The largest absolute Gasteiger partial charge is 0.354 e. The summed E-state index contributed by atoms with van der Waals surface area (Å²) in [4.78, 5) is 50.6. The van der Waals surface area contributed by atoms with Crippen LogP contribution in [-0.4, -0.2) is 53.0 Å². The minimum atomic E-state index is -0.683. The smallest absolute Gasteiger partial charge is 0.262 e. The van der Waals surface area contributed by atoms with E-state index in [0.29, 0.717) is 5.56 Å². The molecular weight excluding hydrogens is 382 g/mol. The second kappa shape index (κ2) is 7.91. The van der Waals surface area contributed by atoms with Gasteiger partial charge in [0.05, 0.1) is 16.5 Å². The Bertz CT molecular complexity index is 827. The van der Waals surface area contributed by atoms with Gasteiger partial charge in [0, 0.05) is 30.1 Å². The van der Waals surface area contributed by atoms with Gasteiger partial charge >= 0.3 is 0 Å². The van der Waals surface area contributed by atoms with E-state index in [2.05, 4.69) is 10.6 Å². The number of benzene rings is 1. The van der Waals surface area contributed by atoms with Crippen LogP contribution >= 0.6 is 11.6 Å². The van der Waals surface area contributed by atoms with Gasteiger partial charge in [-0.1, -0.05) is 0 Å². The van der Waals surface area contributed by atoms with Crippen molar-refractivity contribution >= 4 is 35.2 Å². The Kier molecular flexibility index (Phi) is 6.18. The zero-order valence-corrected chi connectivity index (χ0v) is 17.6. The molecule has 0 fully saturated rings. The fraction of sp³-hybridized carbons (Fsp3) is 0.500. The van der Waals surface area contributed by atoms with E-state index < -0.39 is 16.9 Å². The SMILES string of the molecule is CC(C)(CCl)C(=O)NCCNC(=O)c1ccc2c(c1)C(=O)N(C(C)(C)C)C2=O. The molecule has 0 radical (unpaired) electrons. The van der Waals surface area contributed by atoms with Crippen molar-refractivity contribution in [1.82, 2.24) is 15.5 Å². The maximum atomic E-state index is 12.6. The quantitative estimate of drug-likeness (QED) is 0.429.